The van der Waals surface area contributed by atoms with Crippen molar-refractivity contribution in [3.8, 4) is 0 Å². The average molecular weight is 277 g/mol. The first-order valence-corrected chi connectivity index (χ1v) is 7.45. The summed E-state index contributed by atoms with van der Waals surface area (Å²) >= 11 is 0. The third-order valence-corrected chi connectivity index (χ3v) is 4.75. The van der Waals surface area contributed by atoms with Crippen molar-refractivity contribution >= 4 is 7.12 Å². The van der Waals surface area contributed by atoms with Crippen LogP contribution in [-0.2, 0) is 14.0 Å². The highest BCUT2D eigenvalue weighted by atomic mass is 16.7. The molecular formula is C15H24BNO3. The van der Waals surface area contributed by atoms with Gasteiger partial charge in [-0.05, 0) is 46.6 Å². The first-order chi connectivity index (χ1) is 9.30. The maximum Gasteiger partial charge on any atom is 0.468 e. The third kappa shape index (κ3) is 2.43. The smallest absolute Gasteiger partial charge is 0.403 e. The summed E-state index contributed by atoms with van der Waals surface area (Å²) in [6.45, 7) is 8.26. The molecule has 0 bridgehead atoms. The van der Waals surface area contributed by atoms with Crippen molar-refractivity contribution in [1.29, 1.82) is 0 Å². The fourth-order valence-electron chi connectivity index (χ4n) is 2.57. The highest BCUT2D eigenvalue weighted by Gasteiger charge is 2.55. The Balaban J connectivity index is 1.78. The molecule has 0 aromatic carbocycles. The Bertz CT molecular complexity index is 438. The van der Waals surface area contributed by atoms with Crippen LogP contribution < -0.4 is 5.73 Å². The molecule has 1 saturated carbocycles. The van der Waals surface area contributed by atoms with Crippen LogP contribution in [0, 0.1) is 0 Å². The predicted molar refractivity (Wildman–Crippen MR) is 79.1 cm³/mol. The van der Waals surface area contributed by atoms with Gasteiger partial charge in [0.2, 0.25) is 0 Å². The molecule has 2 fully saturated rings. The first-order valence-electron chi connectivity index (χ1n) is 7.45. The van der Waals surface area contributed by atoms with Crippen molar-refractivity contribution in [2.24, 2.45) is 5.73 Å². The van der Waals surface area contributed by atoms with E-state index in [2.05, 4.69) is 33.8 Å². The quantitative estimate of drug-likeness (QED) is 0.805. The Morgan fingerprint density at radius 1 is 1.20 bits per heavy atom. The van der Waals surface area contributed by atoms with E-state index >= 15 is 0 Å². The highest BCUT2D eigenvalue weighted by Crippen LogP contribution is 2.44. The summed E-state index contributed by atoms with van der Waals surface area (Å²) in [5.41, 5.74) is 6.23. The Morgan fingerprint density at radius 3 is 2.35 bits per heavy atom. The lowest BCUT2D eigenvalue weighted by Gasteiger charge is -2.32. The second kappa shape index (κ2) is 4.62. The maximum absolute atomic E-state index is 6.15. The van der Waals surface area contributed by atoms with E-state index in [1.165, 1.54) is 0 Å². The molecule has 3 rings (SSSR count). The molecule has 2 atom stereocenters. The lowest BCUT2D eigenvalue weighted by molar-refractivity contribution is 0.00578. The third-order valence-electron chi connectivity index (χ3n) is 4.75. The largest absolute Gasteiger partial charge is 0.468 e. The van der Waals surface area contributed by atoms with Crippen LogP contribution in [0.3, 0.4) is 0 Å². The molecule has 1 saturated heterocycles. The summed E-state index contributed by atoms with van der Waals surface area (Å²) in [6.07, 6.45) is 8.44. The van der Waals surface area contributed by atoms with Crippen LogP contribution in [0.1, 0.15) is 40.5 Å². The molecule has 2 N–H and O–H groups in total. The first kappa shape index (κ1) is 14.2. The lowest BCUT2D eigenvalue weighted by Crippen LogP contribution is -2.41. The standard InChI is InChI=1S/C15H24BNO3/c1-14(2)15(3,4)20-16(19-14)11-6-5-7-12(17)13(11)18-10-8-9-10/h5-7,10-11,13H,8-9,17H2,1-4H3. The fraction of sp³-hybridized carbons (Fsp3) is 0.733. The zero-order chi connectivity index (χ0) is 14.5. The molecule has 2 unspecified atom stereocenters. The van der Waals surface area contributed by atoms with Crippen LogP contribution in [0.15, 0.2) is 23.9 Å². The van der Waals surface area contributed by atoms with E-state index < -0.39 is 0 Å². The Morgan fingerprint density at radius 2 is 1.80 bits per heavy atom. The van der Waals surface area contributed by atoms with Gasteiger partial charge in [0.25, 0.3) is 0 Å². The van der Waals surface area contributed by atoms with Crippen molar-refractivity contribution in [1.82, 2.24) is 0 Å². The van der Waals surface area contributed by atoms with E-state index in [9.17, 15) is 0 Å². The highest BCUT2D eigenvalue weighted by molar-refractivity contribution is 6.48. The van der Waals surface area contributed by atoms with Gasteiger partial charge in [-0.1, -0.05) is 12.2 Å². The Kier molecular flexibility index (Phi) is 3.27. The molecule has 20 heavy (non-hydrogen) atoms. The summed E-state index contributed by atoms with van der Waals surface area (Å²) in [7, 11) is -0.313. The number of rotatable bonds is 3. The SMILES string of the molecule is CC1(C)OB(C2C=CC=C(N)C2OC2CC2)OC1(C)C. The van der Waals surface area contributed by atoms with Gasteiger partial charge in [-0.2, -0.15) is 0 Å². The number of allylic oxidation sites excluding steroid dienone is 2. The van der Waals surface area contributed by atoms with Crippen LogP contribution >= 0.6 is 0 Å². The molecule has 110 valence electrons. The van der Waals surface area contributed by atoms with Crippen molar-refractivity contribution < 1.29 is 14.0 Å². The molecule has 3 aliphatic rings. The normalized spacial score (nSPS) is 35.2. The summed E-state index contributed by atoms with van der Waals surface area (Å²) in [5, 5.41) is 0. The van der Waals surface area contributed by atoms with Gasteiger partial charge in [-0.25, -0.2) is 0 Å². The predicted octanol–water partition coefficient (Wildman–Crippen LogP) is 2.41. The van der Waals surface area contributed by atoms with Gasteiger partial charge < -0.3 is 19.8 Å². The van der Waals surface area contributed by atoms with E-state index in [1.54, 1.807) is 0 Å². The topological polar surface area (TPSA) is 53.7 Å². The molecule has 0 radical (unpaired) electrons. The van der Waals surface area contributed by atoms with Gasteiger partial charge in [0.05, 0.1) is 17.3 Å². The number of ether oxygens (including phenoxy) is 1. The van der Waals surface area contributed by atoms with Crippen LogP contribution in [0.25, 0.3) is 0 Å². The zero-order valence-corrected chi connectivity index (χ0v) is 12.8. The minimum atomic E-state index is -0.328. The van der Waals surface area contributed by atoms with E-state index in [0.717, 1.165) is 18.5 Å². The van der Waals surface area contributed by atoms with Gasteiger partial charge in [-0.15, -0.1) is 0 Å². The molecule has 4 nitrogen and oxygen atoms in total. The Hall–Kier alpha value is -0.775. The van der Waals surface area contributed by atoms with Crippen molar-refractivity contribution in [2.45, 2.75) is 69.8 Å². The number of hydrogen-bond acceptors (Lipinski definition) is 4. The molecule has 0 aromatic rings. The maximum atomic E-state index is 6.15. The summed E-state index contributed by atoms with van der Waals surface area (Å²) in [4.78, 5) is 0. The van der Waals surface area contributed by atoms with Gasteiger partial charge in [0, 0.05) is 11.5 Å². The van der Waals surface area contributed by atoms with Crippen molar-refractivity contribution in [3.05, 3.63) is 23.9 Å². The Labute approximate surface area is 121 Å². The molecule has 0 amide bonds. The van der Waals surface area contributed by atoms with Crippen molar-refractivity contribution in [2.75, 3.05) is 0 Å². The monoisotopic (exact) mass is 277 g/mol. The summed E-state index contributed by atoms with van der Waals surface area (Å²) < 4.78 is 18.4. The molecular weight excluding hydrogens is 253 g/mol. The van der Waals surface area contributed by atoms with Crippen LogP contribution in [0.5, 0.6) is 0 Å². The minimum Gasteiger partial charge on any atom is -0.403 e. The number of nitrogens with two attached hydrogens (primary N) is 1. The minimum absolute atomic E-state index is 0.0154. The van der Waals surface area contributed by atoms with Gasteiger partial charge in [-0.3, -0.25) is 0 Å². The van der Waals surface area contributed by atoms with Gasteiger partial charge in [0.15, 0.2) is 0 Å². The second-order valence-corrected chi connectivity index (χ2v) is 7.01. The molecule has 1 heterocycles. The van der Waals surface area contributed by atoms with Crippen LogP contribution in [0.4, 0.5) is 0 Å². The van der Waals surface area contributed by atoms with Crippen molar-refractivity contribution in [3.63, 3.8) is 0 Å². The molecule has 0 aromatic heterocycles. The summed E-state index contributed by atoms with van der Waals surface area (Å²) in [6, 6.07) is 0. The fourth-order valence-corrected chi connectivity index (χ4v) is 2.57. The lowest BCUT2D eigenvalue weighted by atomic mass is 9.66. The zero-order valence-electron chi connectivity index (χ0n) is 12.8. The van der Waals surface area contributed by atoms with E-state index in [1.807, 2.05) is 12.2 Å². The molecule has 0 spiro atoms. The van der Waals surface area contributed by atoms with E-state index in [0.29, 0.717) is 6.10 Å². The van der Waals surface area contributed by atoms with Crippen LogP contribution in [0.2, 0.25) is 5.82 Å². The van der Waals surface area contributed by atoms with Crippen LogP contribution in [-0.4, -0.2) is 30.5 Å². The molecule has 1 aliphatic heterocycles. The molecule has 2 aliphatic carbocycles. The average Bonchev–Trinajstić information content (AvgIpc) is 3.10. The van der Waals surface area contributed by atoms with E-state index in [4.69, 9.17) is 19.8 Å². The van der Waals surface area contributed by atoms with E-state index in [-0.39, 0.29) is 30.2 Å². The van der Waals surface area contributed by atoms with Gasteiger partial charge >= 0.3 is 7.12 Å². The molecule has 5 heteroatoms. The van der Waals surface area contributed by atoms with Gasteiger partial charge in [0.1, 0.15) is 6.10 Å². The second-order valence-electron chi connectivity index (χ2n) is 7.01. The summed E-state index contributed by atoms with van der Waals surface area (Å²) in [5.74, 6) is 0.0154. The number of hydrogen-bond donors (Lipinski definition) is 1.